The smallest absolute Gasteiger partial charge is 0.252 e. The summed E-state index contributed by atoms with van der Waals surface area (Å²) in [4.78, 5) is 22.0. The maximum absolute atomic E-state index is 12.5. The van der Waals surface area contributed by atoms with Gasteiger partial charge in [-0.3, -0.25) is 4.79 Å². The summed E-state index contributed by atoms with van der Waals surface area (Å²) in [6, 6.07) is 15.1. The van der Waals surface area contributed by atoms with E-state index >= 15 is 0 Å². The highest BCUT2D eigenvalue weighted by Crippen LogP contribution is 2.35. The maximum Gasteiger partial charge on any atom is 0.252 e. The molecule has 144 valence electrons. The quantitative estimate of drug-likeness (QED) is 0.579. The van der Waals surface area contributed by atoms with Crippen LogP contribution in [0, 0.1) is 6.92 Å². The second-order valence-electron chi connectivity index (χ2n) is 5.93. The number of methoxy groups -OCH3 is 1. The average Bonchev–Trinajstić information content (AvgIpc) is 2.71. The predicted octanol–water partition coefficient (Wildman–Crippen LogP) is 4.10. The molecule has 7 heteroatoms. The van der Waals surface area contributed by atoms with Crippen LogP contribution in [0.5, 0.6) is 11.6 Å². The molecular formula is C21H21N3O3S. The summed E-state index contributed by atoms with van der Waals surface area (Å²) >= 11 is 1.34. The number of rotatable bonds is 8. The van der Waals surface area contributed by atoms with E-state index in [9.17, 15) is 4.79 Å². The number of aryl methyl sites for hydroxylation is 1. The Morgan fingerprint density at radius 1 is 1.07 bits per heavy atom. The first kappa shape index (κ1) is 19.9. The van der Waals surface area contributed by atoms with Gasteiger partial charge in [0.2, 0.25) is 0 Å². The lowest BCUT2D eigenvalue weighted by molar-refractivity contribution is 0.0934. The standard InChI is InChI=1S/C21H21N3O3S/c1-15-7-9-16(10-8-15)27-20-21(24-12-11-23-20)28-18-6-4-3-5-17(18)19(25)22-13-14-26-2/h3-12H,13-14H2,1-2H3,(H,22,25). The number of hydrogen-bond acceptors (Lipinski definition) is 6. The van der Waals surface area contributed by atoms with Gasteiger partial charge in [0.15, 0.2) is 5.03 Å². The van der Waals surface area contributed by atoms with Crippen LogP contribution in [0.3, 0.4) is 0 Å². The fourth-order valence-electron chi connectivity index (χ4n) is 2.38. The van der Waals surface area contributed by atoms with Gasteiger partial charge in [0.1, 0.15) is 5.75 Å². The van der Waals surface area contributed by atoms with Gasteiger partial charge in [0.05, 0.1) is 12.2 Å². The van der Waals surface area contributed by atoms with Crippen LogP contribution in [0.2, 0.25) is 0 Å². The number of ether oxygens (including phenoxy) is 2. The predicted molar refractivity (Wildman–Crippen MR) is 108 cm³/mol. The first-order valence-electron chi connectivity index (χ1n) is 8.77. The zero-order valence-electron chi connectivity index (χ0n) is 15.7. The molecule has 3 rings (SSSR count). The van der Waals surface area contributed by atoms with E-state index in [1.807, 2.05) is 49.4 Å². The van der Waals surface area contributed by atoms with E-state index in [4.69, 9.17) is 9.47 Å². The van der Waals surface area contributed by atoms with Gasteiger partial charge in [-0.25, -0.2) is 9.97 Å². The molecule has 1 aromatic heterocycles. The summed E-state index contributed by atoms with van der Waals surface area (Å²) in [5.41, 5.74) is 1.71. The second-order valence-corrected chi connectivity index (χ2v) is 6.96. The number of nitrogens with one attached hydrogen (secondary N) is 1. The van der Waals surface area contributed by atoms with Crippen molar-refractivity contribution in [2.45, 2.75) is 16.8 Å². The normalized spacial score (nSPS) is 10.5. The van der Waals surface area contributed by atoms with Crippen LogP contribution in [-0.2, 0) is 4.74 Å². The van der Waals surface area contributed by atoms with Crippen molar-refractivity contribution in [2.24, 2.45) is 0 Å². The van der Waals surface area contributed by atoms with Crippen LogP contribution in [0.25, 0.3) is 0 Å². The zero-order valence-corrected chi connectivity index (χ0v) is 16.5. The van der Waals surface area contributed by atoms with Crippen molar-refractivity contribution in [1.82, 2.24) is 15.3 Å². The van der Waals surface area contributed by atoms with Crippen molar-refractivity contribution in [3.63, 3.8) is 0 Å². The molecule has 0 aliphatic carbocycles. The fourth-order valence-corrected chi connectivity index (χ4v) is 3.30. The zero-order chi connectivity index (χ0) is 19.8. The average molecular weight is 395 g/mol. The second kappa shape index (κ2) is 9.87. The highest BCUT2D eigenvalue weighted by atomic mass is 32.2. The van der Waals surface area contributed by atoms with Gasteiger partial charge in [0, 0.05) is 30.9 Å². The molecule has 28 heavy (non-hydrogen) atoms. The number of aromatic nitrogens is 2. The van der Waals surface area contributed by atoms with Gasteiger partial charge in [0.25, 0.3) is 11.8 Å². The van der Waals surface area contributed by atoms with Crippen molar-refractivity contribution >= 4 is 17.7 Å². The molecular weight excluding hydrogens is 374 g/mol. The number of carbonyl (C=O) groups excluding carboxylic acids is 1. The Balaban J connectivity index is 1.81. The van der Waals surface area contributed by atoms with Crippen molar-refractivity contribution < 1.29 is 14.3 Å². The SMILES string of the molecule is COCCNC(=O)c1ccccc1Sc1nccnc1Oc1ccc(C)cc1. The van der Waals surface area contributed by atoms with Gasteiger partial charge in [-0.1, -0.05) is 41.6 Å². The molecule has 0 fully saturated rings. The van der Waals surface area contributed by atoms with E-state index in [2.05, 4.69) is 15.3 Å². The number of amides is 1. The Morgan fingerprint density at radius 2 is 1.82 bits per heavy atom. The lowest BCUT2D eigenvalue weighted by Gasteiger charge is -2.11. The minimum Gasteiger partial charge on any atom is -0.437 e. The molecule has 2 aromatic carbocycles. The van der Waals surface area contributed by atoms with E-state index in [0.717, 1.165) is 10.5 Å². The summed E-state index contributed by atoms with van der Waals surface area (Å²) in [6.07, 6.45) is 3.18. The third-order valence-electron chi connectivity index (χ3n) is 3.80. The first-order valence-corrected chi connectivity index (χ1v) is 9.58. The summed E-state index contributed by atoms with van der Waals surface area (Å²) in [6.45, 7) is 2.92. The van der Waals surface area contributed by atoms with Gasteiger partial charge < -0.3 is 14.8 Å². The molecule has 0 atom stereocenters. The van der Waals surface area contributed by atoms with Gasteiger partial charge in [-0.2, -0.15) is 0 Å². The molecule has 0 saturated carbocycles. The molecule has 3 aromatic rings. The third kappa shape index (κ3) is 5.31. The third-order valence-corrected chi connectivity index (χ3v) is 4.85. The van der Waals surface area contributed by atoms with Crippen LogP contribution >= 0.6 is 11.8 Å². The van der Waals surface area contributed by atoms with Crippen molar-refractivity contribution in [3.05, 3.63) is 72.1 Å². The first-order chi connectivity index (χ1) is 13.7. The van der Waals surface area contributed by atoms with Crippen molar-refractivity contribution in [3.8, 4) is 11.6 Å². The Labute approximate surface area is 168 Å². The highest BCUT2D eigenvalue weighted by Gasteiger charge is 2.15. The van der Waals surface area contributed by atoms with Crippen LogP contribution in [-0.4, -0.2) is 36.1 Å². The van der Waals surface area contributed by atoms with Gasteiger partial charge in [-0.15, -0.1) is 0 Å². The van der Waals surface area contributed by atoms with E-state index in [1.54, 1.807) is 25.6 Å². The molecule has 0 unspecified atom stereocenters. The summed E-state index contributed by atoms with van der Waals surface area (Å²) in [7, 11) is 1.60. The van der Waals surface area contributed by atoms with E-state index < -0.39 is 0 Å². The molecule has 0 radical (unpaired) electrons. The maximum atomic E-state index is 12.5. The molecule has 0 saturated heterocycles. The number of nitrogens with zero attached hydrogens (tertiary/aromatic N) is 2. The summed E-state index contributed by atoms with van der Waals surface area (Å²) in [5, 5.41) is 3.42. The van der Waals surface area contributed by atoms with E-state index in [0.29, 0.717) is 35.4 Å². The van der Waals surface area contributed by atoms with E-state index in [1.165, 1.54) is 11.8 Å². The molecule has 6 nitrogen and oxygen atoms in total. The number of benzene rings is 2. The Hall–Kier alpha value is -2.90. The number of hydrogen-bond donors (Lipinski definition) is 1. The van der Waals surface area contributed by atoms with E-state index in [-0.39, 0.29) is 5.91 Å². The van der Waals surface area contributed by atoms with Crippen LogP contribution < -0.4 is 10.1 Å². The molecule has 0 aliphatic rings. The molecule has 1 amide bonds. The Morgan fingerprint density at radius 3 is 2.61 bits per heavy atom. The lowest BCUT2D eigenvalue weighted by Crippen LogP contribution is -2.27. The van der Waals surface area contributed by atoms with Crippen molar-refractivity contribution in [1.29, 1.82) is 0 Å². The van der Waals surface area contributed by atoms with Crippen LogP contribution in [0.15, 0.2) is 70.8 Å². The lowest BCUT2D eigenvalue weighted by atomic mass is 10.2. The van der Waals surface area contributed by atoms with Gasteiger partial charge >= 0.3 is 0 Å². The van der Waals surface area contributed by atoms with Crippen molar-refractivity contribution in [2.75, 3.05) is 20.3 Å². The fraction of sp³-hybridized carbons (Fsp3) is 0.190. The largest absolute Gasteiger partial charge is 0.437 e. The molecule has 0 bridgehead atoms. The topological polar surface area (TPSA) is 73.3 Å². The molecule has 1 N–H and O–H groups in total. The monoisotopic (exact) mass is 395 g/mol. The van der Waals surface area contributed by atoms with Gasteiger partial charge in [-0.05, 0) is 31.2 Å². The van der Waals surface area contributed by atoms with Crippen LogP contribution in [0.1, 0.15) is 15.9 Å². The minimum absolute atomic E-state index is 0.162. The minimum atomic E-state index is -0.162. The Bertz CT molecular complexity index is 932. The summed E-state index contributed by atoms with van der Waals surface area (Å²) in [5.74, 6) is 0.912. The Kier molecular flexibility index (Phi) is 7.00. The molecule has 0 aliphatic heterocycles. The van der Waals surface area contributed by atoms with Crippen LogP contribution in [0.4, 0.5) is 0 Å². The number of carbonyl (C=O) groups is 1. The highest BCUT2D eigenvalue weighted by molar-refractivity contribution is 7.99. The molecule has 0 spiro atoms. The molecule has 1 heterocycles. The summed E-state index contributed by atoms with van der Waals surface area (Å²) < 4.78 is 10.9.